The summed E-state index contributed by atoms with van der Waals surface area (Å²) in [6, 6.07) is 12.6. The van der Waals surface area contributed by atoms with Gasteiger partial charge in [-0.15, -0.1) is 10.2 Å². The van der Waals surface area contributed by atoms with Crippen molar-refractivity contribution in [2.45, 2.75) is 36.9 Å². The SMILES string of the molecule is C/C(=C\c1ccc2c(c1)N(S(=O)(=O)c1cccc(C(F)(F)F)c1)C[C@H](CCc1nn[nH]n1)O2)c1c(F)cccc1Cl. The standard InChI is InChI=1S/C27H22ClF4N5O3S/c1-16(26-21(28)6-3-7-22(26)29)12-17-8-10-24-23(13-17)37(15-19(40-24)9-11-25-33-35-36-34-25)41(38,39)20-5-2-4-18(14-20)27(30,31)32/h2-8,10,12-14,19H,9,11,15H2,1H3,(H,33,34,35,36)/b16-12+/t19-/m0/s1. The highest BCUT2D eigenvalue weighted by Gasteiger charge is 2.37. The summed E-state index contributed by atoms with van der Waals surface area (Å²) < 4.78 is 89.5. The van der Waals surface area contributed by atoms with Crippen molar-refractivity contribution in [1.29, 1.82) is 0 Å². The lowest BCUT2D eigenvalue weighted by Crippen LogP contribution is -2.43. The zero-order chi connectivity index (χ0) is 29.4. The van der Waals surface area contributed by atoms with Crippen molar-refractivity contribution in [1.82, 2.24) is 20.6 Å². The Bertz CT molecular complexity index is 1690. The van der Waals surface area contributed by atoms with Gasteiger partial charge in [0.1, 0.15) is 17.7 Å². The number of aromatic nitrogens is 4. The molecule has 1 aliphatic rings. The molecule has 1 N–H and O–H groups in total. The van der Waals surface area contributed by atoms with Gasteiger partial charge < -0.3 is 4.74 Å². The predicted octanol–water partition coefficient (Wildman–Crippen LogP) is 6.16. The summed E-state index contributed by atoms with van der Waals surface area (Å²) in [5.41, 5.74) is 0.209. The van der Waals surface area contributed by atoms with Gasteiger partial charge >= 0.3 is 6.18 Å². The van der Waals surface area contributed by atoms with Crippen molar-refractivity contribution in [3.8, 4) is 5.75 Å². The smallest absolute Gasteiger partial charge is 0.416 e. The van der Waals surface area contributed by atoms with Gasteiger partial charge in [-0.25, -0.2) is 12.8 Å². The number of tetrazole rings is 1. The molecule has 0 spiro atoms. The van der Waals surface area contributed by atoms with Gasteiger partial charge in [-0.1, -0.05) is 41.1 Å². The Balaban J connectivity index is 1.56. The van der Waals surface area contributed by atoms with E-state index in [4.69, 9.17) is 16.3 Å². The first kappa shape index (κ1) is 28.6. The molecule has 14 heteroatoms. The highest BCUT2D eigenvalue weighted by Crippen LogP contribution is 2.40. The summed E-state index contributed by atoms with van der Waals surface area (Å²) in [5.74, 6) is 0.0869. The van der Waals surface area contributed by atoms with Crippen molar-refractivity contribution in [2.75, 3.05) is 10.8 Å². The van der Waals surface area contributed by atoms with Gasteiger partial charge in [-0.3, -0.25) is 4.31 Å². The van der Waals surface area contributed by atoms with E-state index in [1.54, 1.807) is 31.2 Å². The Morgan fingerprint density at radius 1 is 1.17 bits per heavy atom. The third kappa shape index (κ3) is 6.05. The molecule has 2 heterocycles. The number of aryl methyl sites for hydroxylation is 1. The molecular weight excluding hydrogens is 586 g/mol. The molecule has 5 rings (SSSR count). The van der Waals surface area contributed by atoms with Crippen molar-refractivity contribution in [2.24, 2.45) is 0 Å². The fourth-order valence-electron chi connectivity index (χ4n) is 4.53. The van der Waals surface area contributed by atoms with Gasteiger partial charge in [0, 0.05) is 12.0 Å². The number of halogens is 5. The van der Waals surface area contributed by atoms with Gasteiger partial charge in [0.25, 0.3) is 10.0 Å². The first-order chi connectivity index (χ1) is 19.4. The van der Waals surface area contributed by atoms with Crippen molar-refractivity contribution in [3.63, 3.8) is 0 Å². The topological polar surface area (TPSA) is 101 Å². The van der Waals surface area contributed by atoms with E-state index in [1.165, 1.54) is 18.2 Å². The van der Waals surface area contributed by atoms with E-state index in [-0.39, 0.29) is 28.6 Å². The number of hydrogen-bond acceptors (Lipinski definition) is 6. The van der Waals surface area contributed by atoms with Gasteiger partial charge in [0.05, 0.1) is 27.7 Å². The maximum atomic E-state index is 14.5. The van der Waals surface area contributed by atoms with E-state index in [1.807, 2.05) is 0 Å². The zero-order valence-corrected chi connectivity index (χ0v) is 22.9. The van der Waals surface area contributed by atoms with Gasteiger partial charge in [0.15, 0.2) is 5.82 Å². The van der Waals surface area contributed by atoms with Crippen LogP contribution >= 0.6 is 11.6 Å². The number of rotatable bonds is 7. The highest BCUT2D eigenvalue weighted by molar-refractivity contribution is 7.92. The predicted molar refractivity (Wildman–Crippen MR) is 144 cm³/mol. The summed E-state index contributed by atoms with van der Waals surface area (Å²) >= 11 is 6.20. The first-order valence-electron chi connectivity index (χ1n) is 12.3. The van der Waals surface area contributed by atoms with E-state index >= 15 is 0 Å². The van der Waals surface area contributed by atoms with Crippen LogP contribution in [0.1, 0.15) is 35.9 Å². The molecule has 0 saturated heterocycles. The number of nitrogens with one attached hydrogen (secondary N) is 1. The lowest BCUT2D eigenvalue weighted by Gasteiger charge is -2.35. The molecule has 4 aromatic rings. The average Bonchev–Trinajstić information content (AvgIpc) is 3.45. The number of allylic oxidation sites excluding steroid dienone is 1. The van der Waals surface area contributed by atoms with Crippen LogP contribution in [0.5, 0.6) is 5.75 Å². The number of anilines is 1. The molecule has 0 bridgehead atoms. The molecule has 8 nitrogen and oxygen atoms in total. The van der Waals surface area contributed by atoms with E-state index in [2.05, 4.69) is 20.6 Å². The fraction of sp³-hybridized carbons (Fsp3) is 0.222. The molecule has 0 fully saturated rings. The second-order valence-corrected chi connectivity index (χ2v) is 11.6. The normalized spacial score (nSPS) is 15.9. The van der Waals surface area contributed by atoms with Gasteiger partial charge in [-0.05, 0) is 66.9 Å². The number of alkyl halides is 3. The van der Waals surface area contributed by atoms with Gasteiger partial charge in [0.2, 0.25) is 0 Å². The Morgan fingerprint density at radius 3 is 2.66 bits per heavy atom. The zero-order valence-electron chi connectivity index (χ0n) is 21.4. The molecule has 214 valence electrons. The van der Waals surface area contributed by atoms with Crippen LogP contribution in [0, 0.1) is 5.82 Å². The summed E-state index contributed by atoms with van der Waals surface area (Å²) in [6.07, 6.45) is -3.15. The Hall–Kier alpha value is -3.97. The maximum absolute atomic E-state index is 14.5. The third-order valence-corrected chi connectivity index (χ3v) is 8.57. The molecule has 0 aliphatic carbocycles. The maximum Gasteiger partial charge on any atom is 0.416 e. The largest absolute Gasteiger partial charge is 0.486 e. The third-order valence-electron chi connectivity index (χ3n) is 6.48. The Morgan fingerprint density at radius 2 is 1.95 bits per heavy atom. The molecule has 0 radical (unpaired) electrons. The van der Waals surface area contributed by atoms with E-state index in [9.17, 15) is 26.0 Å². The molecule has 1 aromatic heterocycles. The second kappa shape index (κ2) is 11.1. The van der Waals surface area contributed by atoms with Crippen LogP contribution in [-0.2, 0) is 22.6 Å². The summed E-state index contributed by atoms with van der Waals surface area (Å²) in [7, 11) is -4.47. The van der Waals surface area contributed by atoms with Crippen molar-refractivity contribution >= 4 is 39.0 Å². The highest BCUT2D eigenvalue weighted by atomic mass is 35.5. The minimum absolute atomic E-state index is 0.124. The number of fused-ring (bicyclic) bond motifs is 1. The van der Waals surface area contributed by atoms with Crippen LogP contribution in [0.3, 0.4) is 0 Å². The van der Waals surface area contributed by atoms with Crippen molar-refractivity contribution in [3.05, 3.63) is 94.0 Å². The number of hydrogen-bond donors (Lipinski definition) is 1. The van der Waals surface area contributed by atoms with E-state index in [0.29, 0.717) is 35.9 Å². The first-order valence-corrected chi connectivity index (χ1v) is 14.1. The molecule has 1 aliphatic heterocycles. The minimum atomic E-state index is -4.73. The van der Waals surface area contributed by atoms with Crippen LogP contribution in [0.25, 0.3) is 11.6 Å². The number of sulfonamides is 1. The average molecular weight is 608 g/mol. The van der Waals surface area contributed by atoms with Crippen LogP contribution in [-0.4, -0.2) is 41.7 Å². The van der Waals surface area contributed by atoms with E-state index < -0.39 is 38.6 Å². The van der Waals surface area contributed by atoms with E-state index in [0.717, 1.165) is 22.5 Å². The number of benzene rings is 3. The Labute approximate surface area is 237 Å². The quantitative estimate of drug-likeness (QED) is 0.199. The van der Waals surface area contributed by atoms with Crippen LogP contribution in [0.15, 0.2) is 65.6 Å². The number of aromatic amines is 1. The summed E-state index contributed by atoms with van der Waals surface area (Å²) in [4.78, 5) is -0.521. The van der Waals surface area contributed by atoms with Crippen molar-refractivity contribution < 1.29 is 30.7 Å². The monoisotopic (exact) mass is 607 g/mol. The minimum Gasteiger partial charge on any atom is -0.486 e. The van der Waals surface area contributed by atoms with Crippen LogP contribution in [0.4, 0.5) is 23.2 Å². The summed E-state index contributed by atoms with van der Waals surface area (Å²) in [6.45, 7) is 1.47. The molecular formula is C27H22ClF4N5O3S. The summed E-state index contributed by atoms with van der Waals surface area (Å²) in [5, 5.41) is 13.8. The molecule has 0 unspecified atom stereocenters. The second-order valence-electron chi connectivity index (χ2n) is 9.32. The molecule has 0 saturated carbocycles. The Kier molecular flexibility index (Phi) is 7.75. The lowest BCUT2D eigenvalue weighted by atomic mass is 10.0. The number of nitrogens with zero attached hydrogens (tertiary/aromatic N) is 4. The number of H-pyrrole nitrogens is 1. The molecule has 3 aromatic carbocycles. The molecule has 1 atom stereocenters. The molecule has 0 amide bonds. The fourth-order valence-corrected chi connectivity index (χ4v) is 6.39. The lowest BCUT2D eigenvalue weighted by molar-refractivity contribution is -0.137. The van der Waals surface area contributed by atoms with Gasteiger partial charge in [-0.2, -0.15) is 18.4 Å². The van der Waals surface area contributed by atoms with Crippen LogP contribution < -0.4 is 9.04 Å². The molecule has 41 heavy (non-hydrogen) atoms. The number of ether oxygens (including phenoxy) is 1. The van der Waals surface area contributed by atoms with Crippen LogP contribution in [0.2, 0.25) is 5.02 Å².